The van der Waals surface area contributed by atoms with E-state index in [0.717, 1.165) is 28.5 Å². The monoisotopic (exact) mass is 624 g/mol. The summed E-state index contributed by atoms with van der Waals surface area (Å²) >= 11 is 11.5. The molecule has 2 aromatic carbocycles. The Morgan fingerprint density at radius 2 is 1.24 bits per heavy atom. The topological polar surface area (TPSA) is 82.9 Å². The summed E-state index contributed by atoms with van der Waals surface area (Å²) < 4.78 is 3.68. The van der Waals surface area contributed by atoms with Gasteiger partial charge in [-0.05, 0) is 48.9 Å². The first-order chi connectivity index (χ1) is 15.9. The van der Waals surface area contributed by atoms with Gasteiger partial charge in [-0.2, -0.15) is 10.2 Å². The van der Waals surface area contributed by atoms with Gasteiger partial charge in [0.05, 0.1) is 20.8 Å². The first kappa shape index (κ1) is 25.7. The molecule has 6 nitrogen and oxygen atoms in total. The Labute approximate surface area is 221 Å². The summed E-state index contributed by atoms with van der Waals surface area (Å²) in [5, 5.41) is 8.31. The lowest BCUT2D eigenvalue weighted by Crippen LogP contribution is -2.18. The number of hydrazone groups is 2. The molecular weight excluding hydrogens is 608 g/mol. The van der Waals surface area contributed by atoms with Crippen LogP contribution in [0.1, 0.15) is 31.8 Å². The van der Waals surface area contributed by atoms with Gasteiger partial charge in [0.25, 0.3) is 11.8 Å². The number of carbonyl (C=O) groups is 2. The number of nitrogens with one attached hydrogen (secondary N) is 2. The molecule has 0 unspecified atom stereocenters. The number of thioether (sulfide) groups is 2. The zero-order chi connectivity index (χ0) is 23.8. The Balaban J connectivity index is 1.78. The quantitative estimate of drug-likeness (QED) is 0.176. The Morgan fingerprint density at radius 1 is 0.818 bits per heavy atom. The highest BCUT2D eigenvalue weighted by atomic mass is 79.9. The van der Waals surface area contributed by atoms with Crippen molar-refractivity contribution < 1.29 is 9.59 Å². The molecule has 1 aromatic heterocycles. The predicted octanol–water partition coefficient (Wildman–Crippen LogP) is 6.24. The van der Waals surface area contributed by atoms with Crippen molar-refractivity contribution in [1.82, 2.24) is 10.9 Å². The summed E-state index contributed by atoms with van der Waals surface area (Å²) in [5.74, 6) is -0.620. The van der Waals surface area contributed by atoms with Crippen molar-refractivity contribution in [3.63, 3.8) is 0 Å². The molecule has 11 heteroatoms. The first-order valence-corrected chi connectivity index (χ1v) is 14.2. The molecule has 0 atom stereocenters. The lowest BCUT2D eigenvalue weighted by molar-refractivity contribution is 0.0947. The van der Waals surface area contributed by atoms with Crippen molar-refractivity contribution in [3.05, 3.63) is 79.7 Å². The smallest absolute Gasteiger partial charge is 0.267 e. The molecule has 0 spiro atoms. The van der Waals surface area contributed by atoms with E-state index >= 15 is 0 Å². The van der Waals surface area contributed by atoms with Crippen molar-refractivity contribution in [2.75, 3.05) is 12.5 Å². The SMILES string of the molecule is CSc1sc(SC)c(/C=N/NC(=O)c2cccc(Br)c2)c1/C=N/NC(=O)c1cccc(Br)c1. The van der Waals surface area contributed by atoms with Crippen molar-refractivity contribution in [2.45, 2.75) is 8.42 Å². The van der Waals surface area contributed by atoms with Crippen LogP contribution in [-0.2, 0) is 0 Å². The van der Waals surface area contributed by atoms with Gasteiger partial charge in [-0.3, -0.25) is 9.59 Å². The molecule has 170 valence electrons. The van der Waals surface area contributed by atoms with E-state index < -0.39 is 0 Å². The van der Waals surface area contributed by atoms with Crippen molar-refractivity contribution >= 4 is 91.0 Å². The van der Waals surface area contributed by atoms with E-state index in [2.05, 4.69) is 52.9 Å². The highest BCUT2D eigenvalue weighted by Crippen LogP contribution is 2.38. The molecule has 3 rings (SSSR count). The third-order valence-corrected chi connectivity index (χ3v) is 8.66. The third-order valence-electron chi connectivity index (χ3n) is 4.18. The van der Waals surface area contributed by atoms with Gasteiger partial charge < -0.3 is 0 Å². The molecule has 0 saturated heterocycles. The van der Waals surface area contributed by atoms with Crippen LogP contribution in [0.3, 0.4) is 0 Å². The molecular formula is C22H18Br2N4O2S3. The van der Waals surface area contributed by atoms with Gasteiger partial charge in [0.2, 0.25) is 0 Å². The molecule has 0 aliphatic carbocycles. The Kier molecular flexibility index (Phi) is 9.75. The summed E-state index contributed by atoms with van der Waals surface area (Å²) in [5.41, 5.74) is 7.77. The van der Waals surface area contributed by atoms with Crippen LogP contribution >= 0.6 is 66.7 Å². The van der Waals surface area contributed by atoms with Gasteiger partial charge in [-0.1, -0.05) is 44.0 Å². The molecule has 3 aromatic rings. The summed E-state index contributed by atoms with van der Waals surface area (Å²) in [4.78, 5) is 24.7. The maximum absolute atomic E-state index is 12.4. The van der Waals surface area contributed by atoms with Crippen molar-refractivity contribution in [3.8, 4) is 0 Å². The summed E-state index contributed by atoms with van der Waals surface area (Å²) in [6, 6.07) is 14.1. The van der Waals surface area contributed by atoms with Gasteiger partial charge in [0.15, 0.2) is 0 Å². The van der Waals surface area contributed by atoms with E-state index in [1.807, 2.05) is 24.6 Å². The molecule has 33 heavy (non-hydrogen) atoms. The number of thiophene rings is 1. The zero-order valence-electron chi connectivity index (χ0n) is 17.5. The normalized spacial score (nSPS) is 11.3. The van der Waals surface area contributed by atoms with Crippen LogP contribution < -0.4 is 10.9 Å². The predicted molar refractivity (Wildman–Crippen MR) is 146 cm³/mol. The lowest BCUT2D eigenvalue weighted by atomic mass is 10.2. The van der Waals surface area contributed by atoms with E-state index in [-0.39, 0.29) is 11.8 Å². The summed E-state index contributed by atoms with van der Waals surface area (Å²) in [6.07, 6.45) is 7.16. The van der Waals surface area contributed by atoms with E-state index in [9.17, 15) is 9.59 Å². The van der Waals surface area contributed by atoms with E-state index in [0.29, 0.717) is 11.1 Å². The molecule has 0 radical (unpaired) electrons. The van der Waals surface area contributed by atoms with Gasteiger partial charge >= 0.3 is 0 Å². The minimum absolute atomic E-state index is 0.310. The van der Waals surface area contributed by atoms with E-state index in [1.54, 1.807) is 83.7 Å². The van der Waals surface area contributed by atoms with Crippen LogP contribution in [0.15, 0.2) is 76.1 Å². The van der Waals surface area contributed by atoms with Crippen LogP contribution in [0.5, 0.6) is 0 Å². The molecule has 0 bridgehead atoms. The van der Waals surface area contributed by atoms with E-state index in [4.69, 9.17) is 0 Å². The standard InChI is InChI=1S/C22H18Br2N4O2S3/c1-31-21-17(11-25-27-19(29)13-5-3-7-15(23)9-13)18(22(32-2)33-21)12-26-28-20(30)14-6-4-8-16(24)10-14/h3-12H,1-2H3,(H,27,29)(H,28,30)/b25-11+,26-12+. The molecule has 0 saturated carbocycles. The van der Waals surface area contributed by atoms with Gasteiger partial charge in [-0.25, -0.2) is 10.9 Å². The van der Waals surface area contributed by atoms with Crippen molar-refractivity contribution in [2.24, 2.45) is 10.2 Å². The minimum Gasteiger partial charge on any atom is -0.267 e. The second-order valence-electron chi connectivity index (χ2n) is 6.33. The second kappa shape index (κ2) is 12.5. The number of halogens is 2. The second-order valence-corrected chi connectivity index (χ2v) is 11.3. The maximum atomic E-state index is 12.4. The summed E-state index contributed by atoms with van der Waals surface area (Å²) in [6.45, 7) is 0. The lowest BCUT2D eigenvalue weighted by Gasteiger charge is -2.02. The Morgan fingerprint density at radius 3 is 1.61 bits per heavy atom. The molecule has 2 amide bonds. The number of hydrogen-bond donors (Lipinski definition) is 2. The first-order valence-electron chi connectivity index (χ1n) is 9.35. The average Bonchev–Trinajstić information content (AvgIpc) is 3.15. The number of carbonyl (C=O) groups excluding carboxylic acids is 2. The zero-order valence-corrected chi connectivity index (χ0v) is 23.1. The van der Waals surface area contributed by atoms with Crippen LogP contribution in [-0.4, -0.2) is 36.8 Å². The fraction of sp³-hybridized carbons (Fsp3) is 0.0909. The fourth-order valence-corrected chi connectivity index (χ4v) is 6.26. The molecule has 1 heterocycles. The average molecular weight is 626 g/mol. The minimum atomic E-state index is -0.310. The van der Waals surface area contributed by atoms with Crippen LogP contribution in [0, 0.1) is 0 Å². The number of hydrogen-bond acceptors (Lipinski definition) is 7. The van der Waals surface area contributed by atoms with Gasteiger partial charge in [-0.15, -0.1) is 34.9 Å². The number of amides is 2. The number of nitrogens with zero attached hydrogens (tertiary/aromatic N) is 2. The molecule has 0 aliphatic heterocycles. The van der Waals surface area contributed by atoms with Gasteiger partial charge in [0, 0.05) is 31.2 Å². The number of benzene rings is 2. The Hall–Kier alpha value is -1.92. The van der Waals surface area contributed by atoms with Crippen LogP contribution in [0.25, 0.3) is 0 Å². The van der Waals surface area contributed by atoms with Crippen molar-refractivity contribution in [1.29, 1.82) is 0 Å². The highest BCUT2D eigenvalue weighted by Gasteiger charge is 2.15. The molecule has 0 aliphatic rings. The summed E-state index contributed by atoms with van der Waals surface area (Å²) in [7, 11) is 0. The highest BCUT2D eigenvalue weighted by molar-refractivity contribution is 9.10. The molecule has 2 N–H and O–H groups in total. The number of rotatable bonds is 8. The largest absolute Gasteiger partial charge is 0.271 e. The fourth-order valence-electron chi connectivity index (χ4n) is 2.66. The van der Waals surface area contributed by atoms with Crippen LogP contribution in [0.2, 0.25) is 0 Å². The van der Waals surface area contributed by atoms with Crippen LogP contribution in [0.4, 0.5) is 0 Å². The third kappa shape index (κ3) is 7.03. The van der Waals surface area contributed by atoms with E-state index in [1.165, 1.54) is 0 Å². The maximum Gasteiger partial charge on any atom is 0.271 e. The van der Waals surface area contributed by atoms with Gasteiger partial charge in [0.1, 0.15) is 0 Å². The molecule has 0 fully saturated rings. The Bertz CT molecular complexity index is 1140.